The number of hydrogen-bond donors (Lipinski definition) is 1. The number of rotatable bonds is 12. The minimum absolute atomic E-state index is 0.0202. The Morgan fingerprint density at radius 2 is 1.57 bits per heavy atom. The van der Waals surface area contributed by atoms with E-state index < -0.39 is 0 Å². The molecule has 47 heavy (non-hydrogen) atoms. The summed E-state index contributed by atoms with van der Waals surface area (Å²) in [7, 11) is 1.55. The molecule has 5 rings (SSSR count). The maximum atomic E-state index is 14.6. The molecule has 0 aliphatic carbocycles. The van der Waals surface area contributed by atoms with Crippen LogP contribution in [0.4, 0.5) is 5.69 Å². The minimum atomic E-state index is -0.144. The Morgan fingerprint density at radius 3 is 2.21 bits per heavy atom. The Morgan fingerprint density at radius 1 is 0.915 bits per heavy atom. The van der Waals surface area contributed by atoms with Gasteiger partial charge in [0.05, 0.1) is 18.4 Å². The fourth-order valence-corrected chi connectivity index (χ4v) is 6.09. The molecule has 0 spiro atoms. The number of anilines is 1. The van der Waals surface area contributed by atoms with E-state index in [0.29, 0.717) is 42.5 Å². The van der Waals surface area contributed by atoms with E-state index in [1.54, 1.807) is 17.9 Å². The highest BCUT2D eigenvalue weighted by Crippen LogP contribution is 2.32. The molecule has 9 nitrogen and oxygen atoms in total. The Kier molecular flexibility index (Phi) is 10.8. The second-order valence-corrected chi connectivity index (χ2v) is 12.2. The smallest absolute Gasteiger partial charge is 0.274 e. The number of unbranched alkanes of at least 4 members (excludes halogenated alkanes) is 2. The lowest BCUT2D eigenvalue weighted by atomic mass is 9.93. The summed E-state index contributed by atoms with van der Waals surface area (Å²) in [4.78, 5) is 43.6. The molecule has 3 amide bonds. The summed E-state index contributed by atoms with van der Waals surface area (Å²) < 4.78 is 7.32. The van der Waals surface area contributed by atoms with Crippen LogP contribution in [0.1, 0.15) is 85.4 Å². The molecule has 0 bridgehead atoms. The van der Waals surface area contributed by atoms with Crippen molar-refractivity contribution >= 4 is 23.4 Å². The maximum Gasteiger partial charge on any atom is 0.274 e. The summed E-state index contributed by atoms with van der Waals surface area (Å²) >= 11 is 0. The number of nitrogens with one attached hydrogen (secondary N) is 1. The van der Waals surface area contributed by atoms with Crippen molar-refractivity contribution in [2.75, 3.05) is 25.5 Å². The van der Waals surface area contributed by atoms with Crippen molar-refractivity contribution in [3.05, 3.63) is 95.2 Å². The lowest BCUT2D eigenvalue weighted by molar-refractivity contribution is -0.114. The molecule has 246 valence electrons. The standard InChI is InChI=1S/C38H45N5O4/c1-6-8-20-41(21-9-7-2)38(46)34-24-36(47-5)43(40-34)35-19-16-30(28-14-17-32(18-15-28)39-27(4)44)23-33(35)37(45)42-25-31-13-11-10-12-29(31)22-26(42)3/h10-19,23-24,26H,6-9,20-22,25H2,1-5H3,(H,39,44). The zero-order valence-corrected chi connectivity index (χ0v) is 28.1. The van der Waals surface area contributed by atoms with Gasteiger partial charge in [0.2, 0.25) is 11.8 Å². The molecule has 0 saturated carbocycles. The van der Waals surface area contributed by atoms with Crippen LogP contribution in [-0.4, -0.2) is 63.5 Å². The largest absolute Gasteiger partial charge is 0.481 e. The van der Waals surface area contributed by atoms with Gasteiger partial charge in [-0.3, -0.25) is 14.4 Å². The molecule has 4 aromatic rings. The van der Waals surface area contributed by atoms with E-state index in [1.165, 1.54) is 12.5 Å². The van der Waals surface area contributed by atoms with Crippen LogP contribution in [0, 0.1) is 0 Å². The van der Waals surface area contributed by atoms with Crippen LogP contribution in [-0.2, 0) is 17.8 Å². The number of methoxy groups -OCH3 is 1. The Bertz CT molecular complexity index is 1720. The first-order valence-electron chi connectivity index (χ1n) is 16.6. The van der Waals surface area contributed by atoms with Gasteiger partial charge in [-0.05, 0) is 72.7 Å². The third-order valence-corrected chi connectivity index (χ3v) is 8.72. The van der Waals surface area contributed by atoms with Gasteiger partial charge in [0.25, 0.3) is 11.8 Å². The van der Waals surface area contributed by atoms with Gasteiger partial charge < -0.3 is 19.9 Å². The van der Waals surface area contributed by atoms with Crippen LogP contribution in [0.15, 0.2) is 72.8 Å². The van der Waals surface area contributed by atoms with Crippen LogP contribution >= 0.6 is 0 Å². The fourth-order valence-electron chi connectivity index (χ4n) is 6.09. The number of benzene rings is 3. The second kappa shape index (κ2) is 15.1. The summed E-state index contributed by atoms with van der Waals surface area (Å²) in [6.45, 7) is 9.60. The minimum Gasteiger partial charge on any atom is -0.481 e. The molecule has 1 unspecified atom stereocenters. The average molecular weight is 636 g/mol. The summed E-state index contributed by atoms with van der Waals surface area (Å²) in [6.07, 6.45) is 4.56. The van der Waals surface area contributed by atoms with E-state index in [-0.39, 0.29) is 29.5 Å². The predicted octanol–water partition coefficient (Wildman–Crippen LogP) is 7.14. The van der Waals surface area contributed by atoms with Crippen molar-refractivity contribution in [3.8, 4) is 22.7 Å². The molecule has 1 atom stereocenters. The number of ether oxygens (including phenoxy) is 1. The van der Waals surface area contributed by atoms with Crippen molar-refractivity contribution in [2.45, 2.75) is 72.4 Å². The lowest BCUT2D eigenvalue weighted by Crippen LogP contribution is -2.43. The van der Waals surface area contributed by atoms with E-state index >= 15 is 0 Å². The highest BCUT2D eigenvalue weighted by molar-refractivity contribution is 6.00. The van der Waals surface area contributed by atoms with Crippen LogP contribution in [0.3, 0.4) is 0 Å². The van der Waals surface area contributed by atoms with Gasteiger partial charge in [-0.15, -0.1) is 0 Å². The molecule has 0 fully saturated rings. The molecular formula is C38H45N5O4. The number of carbonyl (C=O) groups is 3. The van der Waals surface area contributed by atoms with Crippen LogP contribution in [0.5, 0.6) is 5.88 Å². The monoisotopic (exact) mass is 635 g/mol. The third-order valence-electron chi connectivity index (χ3n) is 8.72. The lowest BCUT2D eigenvalue weighted by Gasteiger charge is -2.35. The highest BCUT2D eigenvalue weighted by Gasteiger charge is 2.31. The number of nitrogens with zero attached hydrogens (tertiary/aromatic N) is 4. The molecule has 1 N–H and O–H groups in total. The number of fused-ring (bicyclic) bond motifs is 1. The van der Waals surface area contributed by atoms with Crippen molar-refractivity contribution in [2.24, 2.45) is 0 Å². The first-order chi connectivity index (χ1) is 22.7. The van der Waals surface area contributed by atoms with E-state index in [9.17, 15) is 14.4 Å². The quantitative estimate of drug-likeness (QED) is 0.179. The van der Waals surface area contributed by atoms with Gasteiger partial charge in [0, 0.05) is 44.4 Å². The molecular weight excluding hydrogens is 590 g/mol. The molecule has 0 saturated heterocycles. The normalized spacial score (nSPS) is 14.0. The topological polar surface area (TPSA) is 96.8 Å². The van der Waals surface area contributed by atoms with E-state index in [2.05, 4.69) is 38.2 Å². The summed E-state index contributed by atoms with van der Waals surface area (Å²) in [5.41, 5.74) is 6.08. The maximum absolute atomic E-state index is 14.6. The predicted molar refractivity (Wildman–Crippen MR) is 185 cm³/mol. The fraction of sp³-hybridized carbons (Fsp3) is 0.368. The third kappa shape index (κ3) is 7.56. The molecule has 3 aromatic carbocycles. The van der Waals surface area contributed by atoms with Gasteiger partial charge in [0.1, 0.15) is 0 Å². The number of carbonyl (C=O) groups excluding carboxylic acids is 3. The Labute approximate surface area is 277 Å². The molecule has 1 aliphatic heterocycles. The number of aromatic nitrogens is 2. The van der Waals surface area contributed by atoms with Crippen molar-refractivity contribution in [1.29, 1.82) is 0 Å². The van der Waals surface area contributed by atoms with E-state index in [0.717, 1.165) is 48.8 Å². The SMILES string of the molecule is CCCCN(CCCC)C(=O)c1cc(OC)n(-c2ccc(-c3ccc(NC(C)=O)cc3)cc2C(=O)N2Cc3ccccc3CC2C)n1. The molecule has 1 aromatic heterocycles. The Balaban J connectivity index is 1.58. The van der Waals surface area contributed by atoms with Gasteiger partial charge in [0.15, 0.2) is 5.69 Å². The van der Waals surface area contributed by atoms with Crippen molar-refractivity contribution in [1.82, 2.24) is 19.6 Å². The summed E-state index contributed by atoms with van der Waals surface area (Å²) in [5, 5.41) is 7.56. The zero-order valence-electron chi connectivity index (χ0n) is 28.1. The zero-order chi connectivity index (χ0) is 33.5. The summed E-state index contributed by atoms with van der Waals surface area (Å²) in [6, 6.07) is 23.1. The highest BCUT2D eigenvalue weighted by atomic mass is 16.5. The number of hydrogen-bond acceptors (Lipinski definition) is 5. The second-order valence-electron chi connectivity index (χ2n) is 12.2. The van der Waals surface area contributed by atoms with Crippen molar-refractivity contribution < 1.29 is 19.1 Å². The number of amides is 3. The molecule has 9 heteroatoms. The molecule has 1 aliphatic rings. The Hall–Kier alpha value is -4.92. The molecule has 0 radical (unpaired) electrons. The van der Waals surface area contributed by atoms with Crippen LogP contribution in [0.2, 0.25) is 0 Å². The van der Waals surface area contributed by atoms with Gasteiger partial charge in [-0.2, -0.15) is 9.78 Å². The van der Waals surface area contributed by atoms with Gasteiger partial charge >= 0.3 is 0 Å². The van der Waals surface area contributed by atoms with E-state index in [4.69, 9.17) is 9.84 Å². The molecule has 2 heterocycles. The first-order valence-corrected chi connectivity index (χ1v) is 16.6. The van der Waals surface area contributed by atoms with E-state index in [1.807, 2.05) is 64.4 Å². The van der Waals surface area contributed by atoms with Crippen molar-refractivity contribution in [3.63, 3.8) is 0 Å². The van der Waals surface area contributed by atoms with Crippen LogP contribution < -0.4 is 10.1 Å². The average Bonchev–Trinajstić information content (AvgIpc) is 3.52. The van der Waals surface area contributed by atoms with Crippen LogP contribution in [0.25, 0.3) is 16.8 Å². The first kappa shape index (κ1) is 33.4. The van der Waals surface area contributed by atoms with Gasteiger partial charge in [-0.1, -0.05) is 69.2 Å². The van der Waals surface area contributed by atoms with Gasteiger partial charge in [-0.25, -0.2) is 0 Å². The summed E-state index contributed by atoms with van der Waals surface area (Å²) in [5.74, 6) is -0.0412.